The third kappa shape index (κ3) is 5.25. The summed E-state index contributed by atoms with van der Waals surface area (Å²) in [4.78, 5) is 18.2. The summed E-state index contributed by atoms with van der Waals surface area (Å²) in [6.45, 7) is 8.37. The summed E-state index contributed by atoms with van der Waals surface area (Å²) in [5, 5.41) is 21.8. The molecule has 1 amide bonds. The third-order valence-corrected chi connectivity index (χ3v) is 7.21. The summed E-state index contributed by atoms with van der Waals surface area (Å²) in [7, 11) is 1.65. The van der Waals surface area contributed by atoms with Gasteiger partial charge in [-0.3, -0.25) is 0 Å². The number of aromatic nitrogens is 3. The highest BCUT2D eigenvalue weighted by atomic mass is 16.7. The molecule has 0 fully saturated rings. The minimum atomic E-state index is -1.23. The van der Waals surface area contributed by atoms with Gasteiger partial charge in [-0.05, 0) is 62.9 Å². The molecule has 2 aromatic carbocycles. The zero-order valence-electron chi connectivity index (χ0n) is 23.1. The SMILES string of the molecule is COc1ccc(Cn2ncc3c4c(cnc32)CN([N+]([O-])(C(=O)OC(C)(C)C)C(C)c2ccccc2)CC4)cc1. The van der Waals surface area contributed by atoms with Crippen molar-refractivity contribution >= 4 is 17.1 Å². The van der Waals surface area contributed by atoms with Crippen molar-refractivity contribution in [2.24, 2.45) is 0 Å². The van der Waals surface area contributed by atoms with Crippen LogP contribution in [0.3, 0.4) is 0 Å². The quantitative estimate of drug-likeness (QED) is 0.231. The van der Waals surface area contributed by atoms with E-state index in [1.807, 2.05) is 71.7 Å². The maximum Gasteiger partial charge on any atom is 0.537 e. The van der Waals surface area contributed by atoms with Crippen molar-refractivity contribution in [2.75, 3.05) is 13.7 Å². The predicted molar refractivity (Wildman–Crippen MR) is 148 cm³/mol. The van der Waals surface area contributed by atoms with Crippen LogP contribution in [0.25, 0.3) is 11.0 Å². The van der Waals surface area contributed by atoms with Crippen molar-refractivity contribution in [2.45, 2.75) is 58.8 Å². The first-order chi connectivity index (χ1) is 18.6. The standard InChI is InChI=1S/C30H35N5O4/c1-21(23-9-7-6-8-10-23)35(37,29(36)39-30(2,3)4)33-16-15-26-24(20-33)17-31-28-27(26)18-32-34(28)19-22-11-13-25(38-5)14-12-22/h6-14,17-18,21H,15-16,19-20H2,1-5H3. The number of benzene rings is 2. The van der Waals surface area contributed by atoms with Gasteiger partial charge >= 0.3 is 6.09 Å². The molecule has 1 aliphatic rings. The molecular formula is C30H35N5O4. The Bertz CT molecular complexity index is 1460. The van der Waals surface area contributed by atoms with Gasteiger partial charge in [-0.2, -0.15) is 14.6 Å². The molecule has 0 radical (unpaired) electrons. The number of rotatable bonds is 6. The van der Waals surface area contributed by atoms with E-state index < -0.39 is 22.5 Å². The van der Waals surface area contributed by atoms with Crippen molar-refractivity contribution in [3.05, 3.63) is 94.5 Å². The molecule has 3 heterocycles. The molecule has 2 aromatic heterocycles. The van der Waals surface area contributed by atoms with Crippen molar-refractivity contribution in [3.8, 4) is 5.75 Å². The van der Waals surface area contributed by atoms with Gasteiger partial charge < -0.3 is 14.7 Å². The molecule has 0 N–H and O–H groups in total. The van der Waals surface area contributed by atoms with E-state index in [-0.39, 0.29) is 6.54 Å². The van der Waals surface area contributed by atoms with E-state index in [2.05, 4.69) is 5.10 Å². The smallest absolute Gasteiger partial charge is 0.537 e. The number of methoxy groups -OCH3 is 1. The molecule has 204 valence electrons. The Hall–Kier alpha value is -3.79. The second kappa shape index (κ2) is 10.4. The fraction of sp³-hybridized carbons (Fsp3) is 0.367. The van der Waals surface area contributed by atoms with Crippen LogP contribution in [0.5, 0.6) is 5.75 Å². The van der Waals surface area contributed by atoms with E-state index >= 15 is 0 Å². The maximum atomic E-state index is 14.6. The Labute approximate surface area is 228 Å². The number of carbonyl (C=O) groups excluding carboxylic acids is 1. The molecule has 0 bridgehead atoms. The van der Waals surface area contributed by atoms with E-state index in [1.165, 1.54) is 0 Å². The lowest BCUT2D eigenvalue weighted by atomic mass is 9.99. The topological polar surface area (TPSA) is 92.5 Å². The summed E-state index contributed by atoms with van der Waals surface area (Å²) in [6, 6.07) is 16.6. The number of nitrogens with zero attached hydrogens (tertiary/aromatic N) is 5. The second-order valence-electron chi connectivity index (χ2n) is 11.0. The first-order valence-corrected chi connectivity index (χ1v) is 13.2. The van der Waals surface area contributed by atoms with Crippen molar-refractivity contribution in [1.82, 2.24) is 19.8 Å². The first-order valence-electron chi connectivity index (χ1n) is 13.2. The molecule has 0 spiro atoms. The second-order valence-corrected chi connectivity index (χ2v) is 11.0. The number of hydrogen-bond donors (Lipinski definition) is 0. The fourth-order valence-electron chi connectivity index (χ4n) is 5.12. The minimum absolute atomic E-state index is 0.280. The van der Waals surface area contributed by atoms with Gasteiger partial charge in [0.05, 0.1) is 32.9 Å². The molecule has 39 heavy (non-hydrogen) atoms. The lowest BCUT2D eigenvalue weighted by Gasteiger charge is -2.50. The largest absolute Gasteiger partial charge is 0.601 e. The molecule has 0 saturated heterocycles. The Morgan fingerprint density at radius 3 is 2.49 bits per heavy atom. The van der Waals surface area contributed by atoms with Gasteiger partial charge in [0.1, 0.15) is 17.4 Å². The van der Waals surface area contributed by atoms with Gasteiger partial charge in [0.2, 0.25) is 0 Å². The summed E-state index contributed by atoms with van der Waals surface area (Å²) in [6.07, 6.45) is 3.43. The van der Waals surface area contributed by atoms with Crippen LogP contribution in [-0.2, 0) is 24.2 Å². The highest BCUT2D eigenvalue weighted by Gasteiger charge is 2.46. The normalized spacial score (nSPS) is 16.4. The van der Waals surface area contributed by atoms with Crippen molar-refractivity contribution in [1.29, 1.82) is 0 Å². The summed E-state index contributed by atoms with van der Waals surface area (Å²) < 4.78 is 11.6. The van der Waals surface area contributed by atoms with Crippen LogP contribution in [0.1, 0.15) is 56.0 Å². The zero-order chi connectivity index (χ0) is 27.8. The van der Waals surface area contributed by atoms with E-state index in [0.29, 0.717) is 19.5 Å². The summed E-state index contributed by atoms with van der Waals surface area (Å²) in [5.74, 6) is 0.807. The van der Waals surface area contributed by atoms with E-state index in [9.17, 15) is 10.0 Å². The number of pyridine rings is 1. The lowest BCUT2D eigenvalue weighted by molar-refractivity contribution is -0.958. The lowest BCUT2D eigenvalue weighted by Crippen LogP contribution is -2.62. The van der Waals surface area contributed by atoms with Crippen LogP contribution in [0.15, 0.2) is 67.0 Å². The van der Waals surface area contributed by atoms with Gasteiger partial charge in [0.25, 0.3) is 0 Å². The number of quaternary nitrogens is 1. The number of amides is 1. The summed E-state index contributed by atoms with van der Waals surface area (Å²) >= 11 is 0. The first kappa shape index (κ1) is 26.8. The van der Waals surface area contributed by atoms with Crippen molar-refractivity contribution in [3.63, 3.8) is 0 Å². The molecule has 0 saturated carbocycles. The Balaban J connectivity index is 1.45. The molecule has 2 atom stereocenters. The van der Waals surface area contributed by atoms with Gasteiger partial charge in [0, 0.05) is 17.1 Å². The number of hydroxylamine groups is 2. The highest BCUT2D eigenvalue weighted by Crippen LogP contribution is 2.37. The molecule has 5 rings (SSSR count). The average molecular weight is 530 g/mol. The van der Waals surface area contributed by atoms with E-state index in [4.69, 9.17) is 14.5 Å². The van der Waals surface area contributed by atoms with E-state index in [0.717, 1.165) is 39.0 Å². The Morgan fingerprint density at radius 1 is 1.10 bits per heavy atom. The summed E-state index contributed by atoms with van der Waals surface area (Å²) in [5.41, 5.74) is 3.90. The van der Waals surface area contributed by atoms with Crippen LogP contribution in [0.4, 0.5) is 4.79 Å². The molecule has 2 unspecified atom stereocenters. The van der Waals surface area contributed by atoms with E-state index in [1.54, 1.807) is 39.8 Å². The molecule has 1 aliphatic heterocycles. The average Bonchev–Trinajstić information content (AvgIpc) is 3.34. The third-order valence-electron chi connectivity index (χ3n) is 7.21. The van der Waals surface area contributed by atoms with Crippen LogP contribution in [-0.4, -0.2) is 49.9 Å². The number of hydrogen-bond acceptors (Lipinski definition) is 7. The van der Waals surface area contributed by atoms with Crippen LogP contribution < -0.4 is 4.74 Å². The molecule has 0 aliphatic carbocycles. The number of ether oxygens (including phenoxy) is 2. The number of carbonyl (C=O) groups is 1. The van der Waals surface area contributed by atoms with Crippen LogP contribution in [0.2, 0.25) is 0 Å². The van der Waals surface area contributed by atoms with Gasteiger partial charge in [-0.25, -0.2) is 9.67 Å². The number of fused-ring (bicyclic) bond motifs is 3. The van der Waals surface area contributed by atoms with Crippen LogP contribution >= 0.6 is 0 Å². The highest BCUT2D eigenvalue weighted by molar-refractivity contribution is 5.80. The monoisotopic (exact) mass is 529 g/mol. The minimum Gasteiger partial charge on any atom is -0.601 e. The Morgan fingerprint density at radius 2 is 1.82 bits per heavy atom. The molecule has 9 heteroatoms. The van der Waals surface area contributed by atoms with Gasteiger partial charge in [0.15, 0.2) is 5.65 Å². The predicted octanol–water partition coefficient (Wildman–Crippen LogP) is 5.77. The molecule has 9 nitrogen and oxygen atoms in total. The fourth-order valence-corrected chi connectivity index (χ4v) is 5.12. The maximum absolute atomic E-state index is 14.6. The van der Waals surface area contributed by atoms with Gasteiger partial charge in [-0.1, -0.05) is 42.5 Å². The molecule has 4 aromatic rings. The Kier molecular flexibility index (Phi) is 7.15. The molecular weight excluding hydrogens is 494 g/mol. The van der Waals surface area contributed by atoms with Gasteiger partial charge in [-0.15, -0.1) is 5.01 Å². The van der Waals surface area contributed by atoms with Crippen molar-refractivity contribution < 1.29 is 19.0 Å². The zero-order valence-corrected chi connectivity index (χ0v) is 23.1. The van der Waals surface area contributed by atoms with Crippen LogP contribution in [0, 0.1) is 5.21 Å².